The van der Waals surface area contributed by atoms with E-state index in [1.165, 1.54) is 0 Å². The van der Waals surface area contributed by atoms with Crippen LogP contribution in [0.15, 0.2) is 24.3 Å². The lowest BCUT2D eigenvalue weighted by molar-refractivity contribution is 0.175. The van der Waals surface area contributed by atoms with Gasteiger partial charge in [-0.3, -0.25) is 4.90 Å². The van der Waals surface area contributed by atoms with Crippen molar-refractivity contribution in [1.29, 1.82) is 0 Å². The van der Waals surface area contributed by atoms with Gasteiger partial charge in [-0.15, -0.1) is 0 Å². The number of nitrogens with zero attached hydrogens (tertiary/aromatic N) is 1. The second kappa shape index (κ2) is 5.62. The fourth-order valence-corrected chi connectivity index (χ4v) is 2.02. The molecule has 16 heavy (non-hydrogen) atoms. The van der Waals surface area contributed by atoms with Crippen LogP contribution in [-0.4, -0.2) is 37.6 Å². The average Bonchev–Trinajstić information content (AvgIpc) is 2.31. The molecule has 0 saturated carbocycles. The number of piperazine rings is 1. The lowest BCUT2D eigenvalue weighted by Gasteiger charge is -2.28. The Hall–Kier alpha value is -0.640. The minimum absolute atomic E-state index is 0.476. The fraction of sp³-hybridized carbons (Fsp3) is 0.500. The molecular formula is C12H16ClFN2. The fourth-order valence-electron chi connectivity index (χ4n) is 1.90. The van der Waals surface area contributed by atoms with E-state index in [9.17, 15) is 4.39 Å². The molecule has 1 saturated heterocycles. The van der Waals surface area contributed by atoms with Crippen molar-refractivity contribution >= 4 is 11.6 Å². The topological polar surface area (TPSA) is 15.3 Å². The molecule has 2 nitrogen and oxygen atoms in total. The van der Waals surface area contributed by atoms with Crippen LogP contribution in [0.2, 0.25) is 5.02 Å². The van der Waals surface area contributed by atoms with E-state index in [0.29, 0.717) is 17.1 Å². The SMILES string of the molecule is FC(CN1CCNCC1)c1ccc(Cl)cc1. The second-order valence-corrected chi connectivity index (χ2v) is 4.51. The molecule has 0 aromatic heterocycles. The number of hydrogen-bond donors (Lipinski definition) is 1. The first-order valence-corrected chi connectivity index (χ1v) is 5.96. The molecule has 88 valence electrons. The zero-order chi connectivity index (χ0) is 11.4. The van der Waals surface area contributed by atoms with Crippen LogP contribution >= 0.6 is 11.6 Å². The highest BCUT2D eigenvalue weighted by Crippen LogP contribution is 2.20. The van der Waals surface area contributed by atoms with Crippen molar-refractivity contribution in [2.24, 2.45) is 0 Å². The highest BCUT2D eigenvalue weighted by Gasteiger charge is 2.16. The second-order valence-electron chi connectivity index (χ2n) is 4.07. The van der Waals surface area contributed by atoms with E-state index < -0.39 is 6.17 Å². The van der Waals surface area contributed by atoms with Crippen LogP contribution in [0.4, 0.5) is 4.39 Å². The van der Waals surface area contributed by atoms with E-state index in [2.05, 4.69) is 10.2 Å². The maximum atomic E-state index is 13.9. The molecule has 4 heteroatoms. The van der Waals surface area contributed by atoms with Crippen molar-refractivity contribution in [2.75, 3.05) is 32.7 Å². The summed E-state index contributed by atoms with van der Waals surface area (Å²) in [7, 11) is 0. The molecule has 0 radical (unpaired) electrons. The Balaban J connectivity index is 1.91. The summed E-state index contributed by atoms with van der Waals surface area (Å²) < 4.78 is 13.9. The van der Waals surface area contributed by atoms with Crippen LogP contribution in [-0.2, 0) is 0 Å². The monoisotopic (exact) mass is 242 g/mol. The van der Waals surface area contributed by atoms with E-state index in [4.69, 9.17) is 11.6 Å². The molecule has 1 aliphatic rings. The van der Waals surface area contributed by atoms with Gasteiger partial charge in [0.15, 0.2) is 0 Å². The van der Waals surface area contributed by atoms with E-state index in [-0.39, 0.29) is 0 Å². The lowest BCUT2D eigenvalue weighted by atomic mass is 10.1. The molecule has 1 aliphatic heterocycles. The molecule has 1 unspecified atom stereocenters. The van der Waals surface area contributed by atoms with Gasteiger partial charge in [0.2, 0.25) is 0 Å². The van der Waals surface area contributed by atoms with Crippen molar-refractivity contribution in [2.45, 2.75) is 6.17 Å². The normalized spacial score (nSPS) is 19.6. The van der Waals surface area contributed by atoms with Gasteiger partial charge in [0, 0.05) is 37.7 Å². The van der Waals surface area contributed by atoms with Gasteiger partial charge in [-0.05, 0) is 17.7 Å². The predicted molar refractivity (Wildman–Crippen MR) is 64.6 cm³/mol. The van der Waals surface area contributed by atoms with Crippen LogP contribution in [0.3, 0.4) is 0 Å². The van der Waals surface area contributed by atoms with Crippen LogP contribution in [0.5, 0.6) is 0 Å². The molecule has 1 N–H and O–H groups in total. The zero-order valence-corrected chi connectivity index (χ0v) is 9.88. The first kappa shape index (κ1) is 11.8. The molecule has 1 heterocycles. The molecule has 0 amide bonds. The van der Waals surface area contributed by atoms with Crippen LogP contribution in [0.25, 0.3) is 0 Å². The van der Waals surface area contributed by atoms with Crippen molar-refractivity contribution < 1.29 is 4.39 Å². The van der Waals surface area contributed by atoms with Crippen molar-refractivity contribution in [3.8, 4) is 0 Å². The first-order chi connectivity index (χ1) is 7.75. The number of rotatable bonds is 3. The third-order valence-electron chi connectivity index (χ3n) is 2.86. The number of alkyl halides is 1. The summed E-state index contributed by atoms with van der Waals surface area (Å²) in [6.07, 6.45) is -0.921. The molecule has 1 atom stereocenters. The number of hydrogen-bond acceptors (Lipinski definition) is 2. The summed E-state index contributed by atoms with van der Waals surface area (Å²) >= 11 is 5.77. The van der Waals surface area contributed by atoms with Crippen LogP contribution in [0.1, 0.15) is 11.7 Å². The van der Waals surface area contributed by atoms with E-state index >= 15 is 0 Å². The summed E-state index contributed by atoms with van der Waals surface area (Å²) in [5.74, 6) is 0. The van der Waals surface area contributed by atoms with E-state index in [1.54, 1.807) is 24.3 Å². The molecule has 2 rings (SSSR count). The van der Waals surface area contributed by atoms with Crippen molar-refractivity contribution in [3.63, 3.8) is 0 Å². The Bertz CT molecular complexity index is 322. The maximum Gasteiger partial charge on any atom is 0.138 e. The van der Waals surface area contributed by atoms with Gasteiger partial charge in [0.05, 0.1) is 0 Å². The Kier molecular flexibility index (Phi) is 4.16. The zero-order valence-electron chi connectivity index (χ0n) is 9.13. The van der Waals surface area contributed by atoms with Crippen molar-refractivity contribution in [3.05, 3.63) is 34.9 Å². The van der Waals surface area contributed by atoms with Gasteiger partial charge in [-0.25, -0.2) is 4.39 Å². The highest BCUT2D eigenvalue weighted by molar-refractivity contribution is 6.30. The van der Waals surface area contributed by atoms with Gasteiger partial charge in [-0.2, -0.15) is 0 Å². The third kappa shape index (κ3) is 3.17. The third-order valence-corrected chi connectivity index (χ3v) is 3.11. The van der Waals surface area contributed by atoms with Crippen molar-refractivity contribution in [1.82, 2.24) is 10.2 Å². The Morgan fingerprint density at radius 3 is 2.50 bits per heavy atom. The highest BCUT2D eigenvalue weighted by atomic mass is 35.5. The number of nitrogens with one attached hydrogen (secondary N) is 1. The minimum atomic E-state index is -0.921. The summed E-state index contributed by atoms with van der Waals surface area (Å²) in [6.45, 7) is 4.23. The molecule has 1 aromatic rings. The minimum Gasteiger partial charge on any atom is -0.314 e. The molecule has 0 spiro atoms. The van der Waals surface area contributed by atoms with Gasteiger partial charge >= 0.3 is 0 Å². The van der Waals surface area contributed by atoms with Gasteiger partial charge < -0.3 is 5.32 Å². The summed E-state index contributed by atoms with van der Waals surface area (Å²) in [6, 6.07) is 6.99. The smallest absolute Gasteiger partial charge is 0.138 e. The molecule has 1 aromatic carbocycles. The molecule has 1 fully saturated rings. The molecular weight excluding hydrogens is 227 g/mol. The number of benzene rings is 1. The van der Waals surface area contributed by atoms with Crippen LogP contribution in [0, 0.1) is 0 Å². The number of halogens is 2. The largest absolute Gasteiger partial charge is 0.314 e. The summed E-state index contributed by atoms with van der Waals surface area (Å²) in [5, 5.41) is 3.90. The predicted octanol–water partition coefficient (Wildman–Crippen LogP) is 2.26. The standard InChI is InChI=1S/C12H16ClFN2/c13-11-3-1-10(2-4-11)12(14)9-16-7-5-15-6-8-16/h1-4,12,15H,5-9H2. The Morgan fingerprint density at radius 2 is 1.88 bits per heavy atom. The molecule has 0 aliphatic carbocycles. The van der Waals surface area contributed by atoms with Gasteiger partial charge in [0.1, 0.15) is 6.17 Å². The quantitative estimate of drug-likeness (QED) is 0.875. The van der Waals surface area contributed by atoms with E-state index in [0.717, 1.165) is 26.2 Å². The lowest BCUT2D eigenvalue weighted by Crippen LogP contribution is -2.44. The summed E-state index contributed by atoms with van der Waals surface area (Å²) in [5.41, 5.74) is 0.711. The summed E-state index contributed by atoms with van der Waals surface area (Å²) in [4.78, 5) is 2.15. The van der Waals surface area contributed by atoms with Gasteiger partial charge in [0.25, 0.3) is 0 Å². The van der Waals surface area contributed by atoms with E-state index in [1.807, 2.05) is 0 Å². The van der Waals surface area contributed by atoms with Crippen LogP contribution < -0.4 is 5.32 Å². The Morgan fingerprint density at radius 1 is 1.25 bits per heavy atom. The first-order valence-electron chi connectivity index (χ1n) is 5.58. The maximum absolute atomic E-state index is 13.9. The average molecular weight is 243 g/mol. The Labute approximate surface area is 100 Å². The van der Waals surface area contributed by atoms with Gasteiger partial charge in [-0.1, -0.05) is 23.7 Å². The molecule has 0 bridgehead atoms.